The Balaban J connectivity index is 0.00000337. The van der Waals surface area contributed by atoms with Crippen molar-refractivity contribution in [2.75, 3.05) is 0 Å². The Bertz CT molecular complexity index is 1840. The number of carboxylic acids is 1. The molecule has 0 fully saturated rings. The smallest absolute Gasteiger partial charge is 0.657 e. The Morgan fingerprint density at radius 2 is 1.78 bits per heavy atom. The number of aryl methyl sites for hydroxylation is 2. The summed E-state index contributed by atoms with van der Waals surface area (Å²) in [6.07, 6.45) is 3.33. The predicted molar refractivity (Wildman–Crippen MR) is 163 cm³/mol. The second-order valence-corrected chi connectivity index (χ2v) is 11.1. The number of allylic oxidation sites excluding steroid dienone is 2. The van der Waals surface area contributed by atoms with E-state index in [0.29, 0.717) is 17.5 Å². The van der Waals surface area contributed by atoms with Crippen LogP contribution >= 0.6 is 0 Å². The van der Waals surface area contributed by atoms with Crippen LogP contribution in [0.3, 0.4) is 0 Å². The van der Waals surface area contributed by atoms with E-state index < -0.39 is 5.97 Å². The number of carbonyl (C=O) groups excluding carboxylic acids is 1. The van der Waals surface area contributed by atoms with Crippen molar-refractivity contribution in [3.05, 3.63) is 75.4 Å². The molecule has 41 heavy (non-hydrogen) atoms. The number of ketones is 1. The number of rotatable bonds is 5. The fraction of sp³-hybridized carbons (Fsp3) is 0.333. The Hall–Kier alpha value is -3.49. The maximum atomic E-state index is 13.3. The van der Waals surface area contributed by atoms with E-state index in [4.69, 9.17) is 19.9 Å². The zero-order valence-corrected chi connectivity index (χ0v) is 25.7. The van der Waals surface area contributed by atoms with E-state index in [2.05, 4.69) is 27.4 Å². The van der Waals surface area contributed by atoms with E-state index in [1.165, 1.54) is 0 Å². The Morgan fingerprint density at radius 1 is 1.07 bits per heavy atom. The third-order valence-electron chi connectivity index (χ3n) is 8.86. The molecule has 1 aliphatic carbocycles. The number of carboxylic acid groups (broad SMARTS) is 1. The molecule has 7 nitrogen and oxygen atoms in total. The van der Waals surface area contributed by atoms with Gasteiger partial charge in [0.15, 0.2) is 5.78 Å². The van der Waals surface area contributed by atoms with Crippen LogP contribution in [0.2, 0.25) is 0 Å². The molecule has 0 saturated heterocycles. The molecule has 0 unspecified atom stereocenters. The summed E-state index contributed by atoms with van der Waals surface area (Å²) in [6, 6.07) is 6.02. The van der Waals surface area contributed by atoms with E-state index in [1.54, 1.807) is 0 Å². The molecule has 1 N–H and O–H groups in total. The van der Waals surface area contributed by atoms with Gasteiger partial charge in [-0.15, -0.1) is 22.1 Å². The second-order valence-electron chi connectivity index (χ2n) is 11.1. The molecule has 0 spiro atoms. The van der Waals surface area contributed by atoms with E-state index in [1.807, 2.05) is 38.1 Å². The number of Topliss-reactive ketones (excluding diaryl/α,β-unsaturated/α-hetero) is 1. The first-order valence-electron chi connectivity index (χ1n) is 13.9. The van der Waals surface area contributed by atoms with Gasteiger partial charge in [-0.2, -0.15) is 0 Å². The molecule has 3 aliphatic rings. The summed E-state index contributed by atoms with van der Waals surface area (Å²) in [5.74, 6) is -0.986. The summed E-state index contributed by atoms with van der Waals surface area (Å²) < 4.78 is 0. The first-order chi connectivity index (χ1) is 19.1. The van der Waals surface area contributed by atoms with Gasteiger partial charge in [0, 0.05) is 41.6 Å². The Labute approximate surface area is 255 Å². The largest absolute Gasteiger partial charge is 2.00 e. The van der Waals surface area contributed by atoms with Crippen LogP contribution in [0, 0.1) is 13.8 Å². The number of carbonyl (C=O) groups is 2. The van der Waals surface area contributed by atoms with Crippen LogP contribution in [0.1, 0.15) is 107 Å². The molecule has 204 valence electrons. The number of aromatic nitrogens is 4. The summed E-state index contributed by atoms with van der Waals surface area (Å²) in [6.45, 7) is 14.3. The van der Waals surface area contributed by atoms with E-state index >= 15 is 0 Å². The maximum Gasteiger partial charge on any atom is 2.00 e. The molecule has 3 aromatic heterocycles. The molecule has 2 atom stereocenters. The molecule has 8 heteroatoms. The van der Waals surface area contributed by atoms with Crippen molar-refractivity contribution in [2.24, 2.45) is 0 Å². The molecule has 8 bridgehead atoms. The van der Waals surface area contributed by atoms with Gasteiger partial charge >= 0.3 is 29.0 Å². The monoisotopic (exact) mass is 556 g/mol. The maximum absolute atomic E-state index is 13.3. The van der Waals surface area contributed by atoms with Gasteiger partial charge in [-0.05, 0) is 55.9 Å². The molecule has 5 heterocycles. The van der Waals surface area contributed by atoms with Crippen LogP contribution in [0.5, 0.6) is 0 Å². The van der Waals surface area contributed by atoms with Gasteiger partial charge in [0.05, 0.1) is 11.4 Å². The third-order valence-corrected chi connectivity index (χ3v) is 8.86. The molecular weight excluding hydrogens is 525 g/mol. The topological polar surface area (TPSA) is 108 Å². The van der Waals surface area contributed by atoms with E-state index in [-0.39, 0.29) is 53.5 Å². The molecule has 2 aliphatic heterocycles. The minimum atomic E-state index is -0.845. The van der Waals surface area contributed by atoms with Crippen LogP contribution in [0.15, 0.2) is 24.8 Å². The minimum Gasteiger partial charge on any atom is -0.657 e. The zero-order valence-electron chi connectivity index (χ0n) is 24.3. The number of hydrogen-bond donors (Lipinski definition) is 1. The summed E-state index contributed by atoms with van der Waals surface area (Å²) in [5.41, 5.74) is 12.9. The van der Waals surface area contributed by atoms with Gasteiger partial charge in [0.2, 0.25) is 0 Å². The molecule has 0 amide bonds. The van der Waals surface area contributed by atoms with Crippen LogP contribution in [0.4, 0.5) is 0 Å². The molecule has 3 aromatic rings. The SMILES string of the molecule is C=Cc1c(C)c2cc3nc(c4c5[n-]c(cc6nc(cc1[n-]2)C(C)=C6CC)c(C)c5C(=O)C4)[C@@H](CCC(=O)O)[C@@H]3C.[Mg+2]. The van der Waals surface area contributed by atoms with Gasteiger partial charge in [-0.1, -0.05) is 55.8 Å². The minimum absolute atomic E-state index is 0. The quantitative estimate of drug-likeness (QED) is 0.368. The number of fused-ring (bicyclic) bond motifs is 8. The summed E-state index contributed by atoms with van der Waals surface area (Å²) in [4.78, 5) is 45.0. The van der Waals surface area contributed by atoms with E-state index in [0.717, 1.165) is 79.1 Å². The van der Waals surface area contributed by atoms with E-state index in [9.17, 15) is 14.7 Å². The summed E-state index contributed by atoms with van der Waals surface area (Å²) in [7, 11) is 0. The number of aliphatic carboxylic acids is 1. The second kappa shape index (κ2) is 10.7. The van der Waals surface area contributed by atoms with Crippen molar-refractivity contribution in [1.82, 2.24) is 19.9 Å². The standard InChI is InChI=1S/C33H34N4O3.Mg/c1-7-19-15(3)23-12-25-17(5)21(9-10-30(39)40)32(36-25)22-11-29(38)31-18(6)26(37-33(22)31)14-28-20(8-2)16(4)24(35-28)13-27(19)34-23;/h7,12-14,17,21H,1,8-11H2,2-6H3,(H3,34,35,36,37,38,39,40);/q;+2/p-2/t17-,21-;/m0./s1. The van der Waals surface area contributed by atoms with Crippen LogP contribution in [0.25, 0.3) is 39.3 Å². The molecule has 0 saturated carbocycles. The number of nitrogens with zero attached hydrogens (tertiary/aromatic N) is 4. The number of hydrogen-bond acceptors (Lipinski definition) is 4. The summed E-state index contributed by atoms with van der Waals surface area (Å²) in [5, 5.41) is 9.48. The van der Waals surface area contributed by atoms with Gasteiger partial charge < -0.3 is 15.1 Å². The van der Waals surface area contributed by atoms with Gasteiger partial charge in [0.1, 0.15) is 0 Å². The van der Waals surface area contributed by atoms with Crippen molar-refractivity contribution < 1.29 is 14.7 Å². The van der Waals surface area contributed by atoms with Gasteiger partial charge in [-0.25, -0.2) is 4.98 Å². The third kappa shape index (κ3) is 4.57. The Kier molecular flexibility index (Phi) is 7.59. The molecule has 0 aromatic carbocycles. The van der Waals surface area contributed by atoms with Crippen molar-refractivity contribution in [1.29, 1.82) is 0 Å². The van der Waals surface area contributed by atoms with Crippen LogP contribution < -0.4 is 9.97 Å². The molecular formula is C33H32MgN4O3. The predicted octanol–water partition coefficient (Wildman–Crippen LogP) is 6.28. The average Bonchev–Trinajstić information content (AvgIpc) is 3.65. The van der Waals surface area contributed by atoms with Crippen LogP contribution in [-0.2, 0) is 11.2 Å². The van der Waals surface area contributed by atoms with Crippen molar-refractivity contribution in [2.45, 2.75) is 72.1 Å². The van der Waals surface area contributed by atoms with Crippen LogP contribution in [-0.4, -0.2) is 49.9 Å². The first kappa shape index (κ1) is 29.0. The Morgan fingerprint density at radius 3 is 2.46 bits per heavy atom. The van der Waals surface area contributed by atoms with Crippen molar-refractivity contribution >= 4 is 74.1 Å². The fourth-order valence-electron chi connectivity index (χ4n) is 6.54. The fourth-order valence-corrected chi connectivity index (χ4v) is 6.54. The average molecular weight is 557 g/mol. The first-order valence-corrected chi connectivity index (χ1v) is 13.9. The summed E-state index contributed by atoms with van der Waals surface area (Å²) >= 11 is 0. The van der Waals surface area contributed by atoms with Gasteiger partial charge in [-0.3, -0.25) is 14.6 Å². The molecule has 0 radical (unpaired) electrons. The zero-order chi connectivity index (χ0) is 28.5. The van der Waals surface area contributed by atoms with Gasteiger partial charge in [0.25, 0.3) is 0 Å². The normalized spacial score (nSPS) is 17.6. The van der Waals surface area contributed by atoms with Crippen molar-refractivity contribution in [3.63, 3.8) is 0 Å². The van der Waals surface area contributed by atoms with Crippen molar-refractivity contribution in [3.8, 4) is 0 Å². The molecule has 6 rings (SSSR count).